The minimum Gasteiger partial charge on any atom is -0.482 e. The minimum absolute atomic E-state index is 0.244. The number of hydrogen-bond donors (Lipinski definition) is 4. The van der Waals surface area contributed by atoms with Crippen molar-refractivity contribution in [1.82, 2.24) is 15.4 Å². The molecule has 0 radical (unpaired) electrons. The van der Waals surface area contributed by atoms with Gasteiger partial charge in [-0.05, 0) is 31.0 Å². The molecule has 1 aromatic heterocycles. The molecule has 1 aromatic carbocycles. The lowest BCUT2D eigenvalue weighted by molar-refractivity contribution is -0.122. The second-order valence-electron chi connectivity index (χ2n) is 6.15. The number of nitrogens with one attached hydrogen (secondary N) is 3. The van der Waals surface area contributed by atoms with Gasteiger partial charge in [-0.1, -0.05) is 36.0 Å². The zero-order valence-electron chi connectivity index (χ0n) is 14.5. The van der Waals surface area contributed by atoms with Gasteiger partial charge in [0.2, 0.25) is 0 Å². The van der Waals surface area contributed by atoms with Crippen LogP contribution >= 0.6 is 23.2 Å². The number of nitrogen functional groups attached to an aromatic ring is 1. The Balaban J connectivity index is 1.52. The van der Waals surface area contributed by atoms with E-state index in [0.29, 0.717) is 39.2 Å². The SMILES string of the molecule is Nc1c(NNC(=O)COc2ccc(Cl)cc2Cl)ncnc1NC1CCCC1. The predicted molar refractivity (Wildman–Crippen MR) is 106 cm³/mol. The molecule has 144 valence electrons. The van der Waals surface area contributed by atoms with Gasteiger partial charge in [-0.25, -0.2) is 9.97 Å². The second-order valence-corrected chi connectivity index (χ2v) is 6.99. The summed E-state index contributed by atoms with van der Waals surface area (Å²) in [6, 6.07) is 5.12. The Hall–Kier alpha value is -2.45. The van der Waals surface area contributed by atoms with Crippen LogP contribution in [0.25, 0.3) is 0 Å². The third-order valence-corrected chi connectivity index (χ3v) is 4.68. The first-order valence-electron chi connectivity index (χ1n) is 8.52. The van der Waals surface area contributed by atoms with Gasteiger partial charge in [0.05, 0.1) is 5.02 Å². The molecule has 27 heavy (non-hydrogen) atoms. The maximum absolute atomic E-state index is 12.0. The van der Waals surface area contributed by atoms with Gasteiger partial charge >= 0.3 is 0 Å². The van der Waals surface area contributed by atoms with E-state index < -0.39 is 5.91 Å². The number of carbonyl (C=O) groups excluding carboxylic acids is 1. The summed E-state index contributed by atoms with van der Waals surface area (Å²) >= 11 is 11.8. The van der Waals surface area contributed by atoms with Crippen molar-refractivity contribution in [2.75, 3.05) is 23.1 Å². The van der Waals surface area contributed by atoms with Gasteiger partial charge in [0.15, 0.2) is 18.2 Å². The highest BCUT2D eigenvalue weighted by Crippen LogP contribution is 2.28. The molecule has 0 atom stereocenters. The van der Waals surface area contributed by atoms with E-state index in [1.807, 2.05) is 0 Å². The predicted octanol–water partition coefficient (Wildman–Crippen LogP) is 3.24. The number of ether oxygens (including phenoxy) is 1. The van der Waals surface area contributed by atoms with Crippen LogP contribution in [0.2, 0.25) is 10.0 Å². The number of amides is 1. The van der Waals surface area contributed by atoms with Crippen LogP contribution in [0.5, 0.6) is 5.75 Å². The Morgan fingerprint density at radius 1 is 1.22 bits per heavy atom. The molecule has 5 N–H and O–H groups in total. The fraction of sp³-hybridized carbons (Fsp3) is 0.353. The highest BCUT2D eigenvalue weighted by Gasteiger charge is 2.17. The molecule has 1 amide bonds. The summed E-state index contributed by atoms with van der Waals surface area (Å²) in [5.74, 6) is 0.798. The highest BCUT2D eigenvalue weighted by atomic mass is 35.5. The van der Waals surface area contributed by atoms with Gasteiger partial charge in [-0.2, -0.15) is 0 Å². The molecule has 1 saturated carbocycles. The molecule has 2 aromatic rings. The number of nitrogens with two attached hydrogens (primary N) is 1. The monoisotopic (exact) mass is 410 g/mol. The summed E-state index contributed by atoms with van der Waals surface area (Å²) in [6.45, 7) is -0.244. The Kier molecular flexibility index (Phi) is 6.41. The molecule has 0 aliphatic heterocycles. The highest BCUT2D eigenvalue weighted by molar-refractivity contribution is 6.35. The van der Waals surface area contributed by atoms with Gasteiger partial charge in [-0.15, -0.1) is 0 Å². The number of hydrogen-bond acceptors (Lipinski definition) is 7. The number of hydrazine groups is 1. The van der Waals surface area contributed by atoms with Gasteiger partial charge in [0.25, 0.3) is 5.91 Å². The van der Waals surface area contributed by atoms with Crippen LogP contribution in [-0.4, -0.2) is 28.5 Å². The summed E-state index contributed by atoms with van der Waals surface area (Å²) in [5.41, 5.74) is 11.6. The lowest BCUT2D eigenvalue weighted by atomic mass is 10.2. The van der Waals surface area contributed by atoms with Gasteiger partial charge < -0.3 is 15.8 Å². The zero-order chi connectivity index (χ0) is 19.2. The molecule has 0 spiro atoms. The van der Waals surface area contributed by atoms with Crippen molar-refractivity contribution in [3.05, 3.63) is 34.6 Å². The number of aromatic nitrogens is 2. The quantitative estimate of drug-likeness (QED) is 0.517. The first-order chi connectivity index (χ1) is 13.0. The number of halogens is 2. The molecular formula is C17H20Cl2N6O2. The van der Waals surface area contributed by atoms with Crippen molar-refractivity contribution in [1.29, 1.82) is 0 Å². The van der Waals surface area contributed by atoms with Crippen molar-refractivity contribution in [3.63, 3.8) is 0 Å². The van der Waals surface area contributed by atoms with E-state index in [1.165, 1.54) is 25.2 Å². The maximum atomic E-state index is 12.0. The summed E-state index contributed by atoms with van der Waals surface area (Å²) in [4.78, 5) is 20.2. The molecule has 0 bridgehead atoms. The zero-order valence-corrected chi connectivity index (χ0v) is 16.0. The van der Waals surface area contributed by atoms with Crippen LogP contribution in [-0.2, 0) is 4.79 Å². The standard InChI is InChI=1S/C17H20Cl2N6O2/c18-10-5-6-13(12(19)7-10)27-8-14(26)24-25-17-15(20)16(21-9-22-17)23-11-3-1-2-4-11/h5-7,9,11H,1-4,8,20H2,(H,24,26)(H2,21,22,23,25). The molecular weight excluding hydrogens is 391 g/mol. The smallest absolute Gasteiger partial charge is 0.276 e. The van der Waals surface area contributed by atoms with Crippen LogP contribution in [0.4, 0.5) is 17.3 Å². The fourth-order valence-electron chi connectivity index (χ4n) is 2.77. The van der Waals surface area contributed by atoms with E-state index in [0.717, 1.165) is 12.8 Å². The number of nitrogens with zero attached hydrogens (tertiary/aromatic N) is 2. The van der Waals surface area contributed by atoms with Gasteiger partial charge in [0, 0.05) is 11.1 Å². The van der Waals surface area contributed by atoms with Crippen LogP contribution in [0.3, 0.4) is 0 Å². The molecule has 8 nitrogen and oxygen atoms in total. The topological polar surface area (TPSA) is 114 Å². The third-order valence-electron chi connectivity index (χ3n) is 4.15. The largest absolute Gasteiger partial charge is 0.482 e. The first-order valence-corrected chi connectivity index (χ1v) is 9.28. The van der Waals surface area contributed by atoms with Crippen LogP contribution in [0, 0.1) is 0 Å². The number of benzene rings is 1. The second kappa shape index (κ2) is 8.96. The Labute approximate surface area is 166 Å². The lowest BCUT2D eigenvalue weighted by Gasteiger charge is -2.16. The van der Waals surface area contributed by atoms with Gasteiger partial charge in [0.1, 0.15) is 17.8 Å². The van der Waals surface area contributed by atoms with E-state index in [4.69, 9.17) is 33.7 Å². The van der Waals surface area contributed by atoms with Crippen LogP contribution in [0.1, 0.15) is 25.7 Å². The Bertz CT molecular complexity index is 814. The average molecular weight is 411 g/mol. The lowest BCUT2D eigenvalue weighted by Crippen LogP contribution is -2.34. The van der Waals surface area contributed by atoms with Crippen molar-refractivity contribution >= 4 is 46.4 Å². The fourth-order valence-corrected chi connectivity index (χ4v) is 3.24. The number of carbonyl (C=O) groups is 1. The molecule has 3 rings (SSSR count). The van der Waals surface area contributed by atoms with E-state index in [2.05, 4.69) is 26.1 Å². The van der Waals surface area contributed by atoms with Crippen LogP contribution in [0.15, 0.2) is 24.5 Å². The van der Waals surface area contributed by atoms with Crippen molar-refractivity contribution < 1.29 is 9.53 Å². The molecule has 1 fully saturated rings. The molecule has 1 aliphatic rings. The third kappa shape index (κ3) is 5.27. The molecule has 0 unspecified atom stereocenters. The summed E-state index contributed by atoms with van der Waals surface area (Å²) in [7, 11) is 0. The molecule has 0 saturated heterocycles. The van der Waals surface area contributed by atoms with E-state index in [-0.39, 0.29) is 6.61 Å². The summed E-state index contributed by atoms with van der Waals surface area (Å²) in [6.07, 6.45) is 5.95. The molecule has 1 heterocycles. The summed E-state index contributed by atoms with van der Waals surface area (Å²) < 4.78 is 5.37. The minimum atomic E-state index is -0.427. The normalized spacial score (nSPS) is 14.0. The molecule has 1 aliphatic carbocycles. The Morgan fingerprint density at radius 3 is 2.70 bits per heavy atom. The first kappa shape index (κ1) is 19.3. The Morgan fingerprint density at radius 2 is 1.96 bits per heavy atom. The van der Waals surface area contributed by atoms with Gasteiger partial charge in [-0.3, -0.25) is 15.6 Å². The van der Waals surface area contributed by atoms with Crippen molar-refractivity contribution in [3.8, 4) is 5.75 Å². The number of anilines is 3. The average Bonchev–Trinajstić information content (AvgIpc) is 3.15. The molecule has 10 heteroatoms. The van der Waals surface area contributed by atoms with Crippen LogP contribution < -0.4 is 26.6 Å². The van der Waals surface area contributed by atoms with E-state index >= 15 is 0 Å². The summed E-state index contributed by atoms with van der Waals surface area (Å²) in [5, 5.41) is 4.13. The van der Waals surface area contributed by atoms with E-state index in [9.17, 15) is 4.79 Å². The maximum Gasteiger partial charge on any atom is 0.276 e. The number of rotatable bonds is 7. The van der Waals surface area contributed by atoms with Crippen molar-refractivity contribution in [2.45, 2.75) is 31.7 Å². The van der Waals surface area contributed by atoms with E-state index in [1.54, 1.807) is 12.1 Å². The van der Waals surface area contributed by atoms with Crippen molar-refractivity contribution in [2.24, 2.45) is 0 Å².